The maximum atomic E-state index is 12.1. The third-order valence-electron chi connectivity index (χ3n) is 3.88. The second-order valence-electron chi connectivity index (χ2n) is 5.69. The van der Waals surface area contributed by atoms with Crippen molar-refractivity contribution >= 4 is 17.5 Å². The first-order chi connectivity index (χ1) is 10.0. The van der Waals surface area contributed by atoms with Crippen LogP contribution in [0.3, 0.4) is 0 Å². The minimum Gasteiger partial charge on any atom is -0.382 e. The zero-order valence-corrected chi connectivity index (χ0v) is 12.6. The van der Waals surface area contributed by atoms with E-state index in [1.54, 1.807) is 19.2 Å². The quantitative estimate of drug-likeness (QED) is 0.834. The molecule has 114 valence electrons. The summed E-state index contributed by atoms with van der Waals surface area (Å²) in [6.07, 6.45) is 3.79. The van der Waals surface area contributed by atoms with Gasteiger partial charge in [-0.25, -0.2) is 0 Å². The highest BCUT2D eigenvalue weighted by molar-refractivity contribution is 6.39. The Hall–Kier alpha value is -1.88. The Kier molecular flexibility index (Phi) is 4.96. The van der Waals surface area contributed by atoms with Crippen molar-refractivity contribution in [2.75, 3.05) is 19.0 Å². The number of rotatable bonds is 4. The van der Waals surface area contributed by atoms with Crippen LogP contribution < -0.4 is 10.6 Å². The van der Waals surface area contributed by atoms with Gasteiger partial charge in [-0.05, 0) is 31.9 Å². The topological polar surface area (TPSA) is 67.4 Å². The average molecular weight is 290 g/mol. The van der Waals surface area contributed by atoms with Gasteiger partial charge < -0.3 is 15.4 Å². The fourth-order valence-corrected chi connectivity index (χ4v) is 2.76. The highest BCUT2D eigenvalue weighted by Gasteiger charge is 2.36. The van der Waals surface area contributed by atoms with Crippen molar-refractivity contribution in [3.63, 3.8) is 0 Å². The molecule has 0 radical (unpaired) electrons. The van der Waals surface area contributed by atoms with Crippen molar-refractivity contribution in [2.45, 2.75) is 38.1 Å². The molecule has 1 aromatic rings. The molecule has 1 saturated carbocycles. The van der Waals surface area contributed by atoms with Crippen molar-refractivity contribution in [1.82, 2.24) is 5.32 Å². The number of anilines is 1. The van der Waals surface area contributed by atoms with Crippen molar-refractivity contribution in [1.29, 1.82) is 0 Å². The number of hydrogen-bond donors (Lipinski definition) is 2. The molecule has 0 aliphatic heterocycles. The second kappa shape index (κ2) is 6.72. The van der Waals surface area contributed by atoms with Gasteiger partial charge in [-0.2, -0.15) is 0 Å². The van der Waals surface area contributed by atoms with E-state index in [0.29, 0.717) is 12.3 Å². The van der Waals surface area contributed by atoms with Crippen LogP contribution in [0.2, 0.25) is 0 Å². The predicted octanol–water partition coefficient (Wildman–Crippen LogP) is 2.01. The fourth-order valence-electron chi connectivity index (χ4n) is 2.76. The molecule has 0 spiro atoms. The van der Waals surface area contributed by atoms with Gasteiger partial charge in [0.15, 0.2) is 0 Å². The van der Waals surface area contributed by atoms with E-state index in [1.807, 2.05) is 19.1 Å². The van der Waals surface area contributed by atoms with Gasteiger partial charge >= 0.3 is 11.8 Å². The normalized spacial score (nSPS) is 16.5. The van der Waals surface area contributed by atoms with E-state index in [-0.39, 0.29) is 0 Å². The summed E-state index contributed by atoms with van der Waals surface area (Å²) in [4.78, 5) is 24.0. The van der Waals surface area contributed by atoms with Crippen LogP contribution in [0.4, 0.5) is 5.69 Å². The van der Waals surface area contributed by atoms with Crippen LogP contribution in [0.25, 0.3) is 0 Å². The highest BCUT2D eigenvalue weighted by Crippen LogP contribution is 2.29. The predicted molar refractivity (Wildman–Crippen MR) is 81.0 cm³/mol. The molecule has 2 rings (SSSR count). The largest absolute Gasteiger partial charge is 0.382 e. The summed E-state index contributed by atoms with van der Waals surface area (Å²) >= 11 is 0. The van der Waals surface area contributed by atoms with Gasteiger partial charge in [-0.3, -0.25) is 9.59 Å². The first-order valence-electron chi connectivity index (χ1n) is 7.24. The lowest BCUT2D eigenvalue weighted by molar-refractivity contribution is -0.137. The van der Waals surface area contributed by atoms with Crippen molar-refractivity contribution in [3.05, 3.63) is 29.8 Å². The molecule has 2 N–H and O–H groups in total. The highest BCUT2D eigenvalue weighted by atomic mass is 16.5. The zero-order chi connectivity index (χ0) is 15.3. The van der Waals surface area contributed by atoms with Crippen LogP contribution >= 0.6 is 0 Å². The lowest BCUT2D eigenvalue weighted by Crippen LogP contribution is -2.52. The second-order valence-corrected chi connectivity index (χ2v) is 5.69. The Balaban J connectivity index is 1.95. The Bertz CT molecular complexity index is 505. The summed E-state index contributed by atoms with van der Waals surface area (Å²) in [6, 6.07) is 7.33. The maximum absolute atomic E-state index is 12.1. The van der Waals surface area contributed by atoms with E-state index in [2.05, 4.69) is 10.6 Å². The first kappa shape index (κ1) is 15.5. The van der Waals surface area contributed by atoms with E-state index in [1.165, 1.54) is 0 Å². The van der Waals surface area contributed by atoms with Crippen molar-refractivity contribution in [2.24, 2.45) is 0 Å². The van der Waals surface area contributed by atoms with Gasteiger partial charge in [0.25, 0.3) is 0 Å². The molecule has 1 fully saturated rings. The average Bonchev–Trinajstić information content (AvgIpc) is 2.90. The zero-order valence-electron chi connectivity index (χ0n) is 12.6. The number of nitrogens with one attached hydrogen (secondary N) is 2. The molecule has 0 saturated heterocycles. The molecule has 21 heavy (non-hydrogen) atoms. The molecular formula is C16H22N2O3. The SMILES string of the molecule is COCC1(NC(=O)C(=O)Nc2ccc(C)cc2)CCCC1. The molecule has 5 nitrogen and oxygen atoms in total. The molecule has 0 atom stereocenters. The molecule has 0 unspecified atom stereocenters. The number of benzene rings is 1. The number of amides is 2. The first-order valence-corrected chi connectivity index (χ1v) is 7.24. The van der Waals surface area contributed by atoms with E-state index in [0.717, 1.165) is 31.2 Å². The number of carbonyl (C=O) groups is 2. The molecule has 1 aliphatic rings. The van der Waals surface area contributed by atoms with Gasteiger partial charge in [-0.15, -0.1) is 0 Å². The van der Waals surface area contributed by atoms with Crippen molar-refractivity contribution < 1.29 is 14.3 Å². The molecule has 0 heterocycles. The van der Waals surface area contributed by atoms with Crippen LogP contribution in [0, 0.1) is 6.92 Å². The Morgan fingerprint density at radius 2 is 1.76 bits per heavy atom. The Labute approximate surface area is 125 Å². The summed E-state index contributed by atoms with van der Waals surface area (Å²) in [5.74, 6) is -1.24. The smallest absolute Gasteiger partial charge is 0.313 e. The van der Waals surface area contributed by atoms with Gasteiger partial charge in [0.2, 0.25) is 0 Å². The van der Waals surface area contributed by atoms with E-state index in [4.69, 9.17) is 4.74 Å². The monoisotopic (exact) mass is 290 g/mol. The number of aryl methyl sites for hydroxylation is 1. The minimum atomic E-state index is -0.638. The van der Waals surface area contributed by atoms with E-state index < -0.39 is 17.4 Å². The van der Waals surface area contributed by atoms with Gasteiger partial charge in [0, 0.05) is 12.8 Å². The van der Waals surface area contributed by atoms with Gasteiger partial charge in [0.05, 0.1) is 12.1 Å². The van der Waals surface area contributed by atoms with Crippen LogP contribution in [0.1, 0.15) is 31.2 Å². The van der Waals surface area contributed by atoms with Crippen LogP contribution in [-0.2, 0) is 14.3 Å². The molecule has 0 aromatic heterocycles. The summed E-state index contributed by atoms with van der Waals surface area (Å²) in [5.41, 5.74) is 1.33. The van der Waals surface area contributed by atoms with Crippen molar-refractivity contribution in [3.8, 4) is 0 Å². The number of hydrogen-bond acceptors (Lipinski definition) is 3. The number of methoxy groups -OCH3 is 1. The molecule has 1 aliphatic carbocycles. The lowest BCUT2D eigenvalue weighted by atomic mass is 9.99. The summed E-state index contributed by atoms with van der Waals surface area (Å²) < 4.78 is 5.19. The summed E-state index contributed by atoms with van der Waals surface area (Å²) in [6.45, 7) is 2.41. The fraction of sp³-hybridized carbons (Fsp3) is 0.500. The lowest BCUT2D eigenvalue weighted by Gasteiger charge is -2.29. The van der Waals surface area contributed by atoms with Gasteiger partial charge in [-0.1, -0.05) is 30.5 Å². The Morgan fingerprint density at radius 1 is 1.14 bits per heavy atom. The third kappa shape index (κ3) is 4.04. The van der Waals surface area contributed by atoms with Crippen LogP contribution in [0.15, 0.2) is 24.3 Å². The molecule has 5 heteroatoms. The Morgan fingerprint density at radius 3 is 2.33 bits per heavy atom. The summed E-state index contributed by atoms with van der Waals surface area (Å²) in [7, 11) is 1.61. The third-order valence-corrected chi connectivity index (χ3v) is 3.88. The minimum absolute atomic E-state index is 0.392. The molecule has 0 bridgehead atoms. The van der Waals surface area contributed by atoms with E-state index >= 15 is 0 Å². The molecular weight excluding hydrogens is 268 g/mol. The van der Waals surface area contributed by atoms with Gasteiger partial charge in [0.1, 0.15) is 0 Å². The van der Waals surface area contributed by atoms with Crippen LogP contribution in [0.5, 0.6) is 0 Å². The standard InChI is InChI=1S/C16H22N2O3/c1-12-5-7-13(8-6-12)17-14(19)15(20)18-16(11-21-2)9-3-4-10-16/h5-8H,3-4,9-11H2,1-2H3,(H,17,19)(H,18,20). The number of ether oxygens (including phenoxy) is 1. The summed E-state index contributed by atoms with van der Waals surface area (Å²) in [5, 5.41) is 5.46. The van der Waals surface area contributed by atoms with Crippen LogP contribution in [-0.4, -0.2) is 31.1 Å². The number of carbonyl (C=O) groups excluding carboxylic acids is 2. The molecule has 2 amide bonds. The molecule has 1 aromatic carbocycles. The maximum Gasteiger partial charge on any atom is 0.313 e. The van der Waals surface area contributed by atoms with E-state index in [9.17, 15) is 9.59 Å².